The van der Waals surface area contributed by atoms with Crippen LogP contribution in [0.5, 0.6) is 0 Å². The van der Waals surface area contributed by atoms with Gasteiger partial charge in [-0.1, -0.05) is 23.7 Å². The minimum Gasteiger partial charge on any atom is -0.352 e. The highest BCUT2D eigenvalue weighted by molar-refractivity contribution is 6.33. The lowest BCUT2D eigenvalue weighted by molar-refractivity contribution is 0.0952. The van der Waals surface area contributed by atoms with Crippen molar-refractivity contribution in [2.45, 2.75) is 25.3 Å². The van der Waals surface area contributed by atoms with E-state index in [1.807, 2.05) is 12.1 Å². The Balaban J connectivity index is 0.00000162. The highest BCUT2D eigenvalue weighted by atomic mass is 35.5. The predicted molar refractivity (Wildman–Crippen MR) is 76.7 cm³/mol. The molecule has 1 saturated heterocycles. The monoisotopic (exact) mass is 288 g/mol. The first kappa shape index (κ1) is 15.3. The van der Waals surface area contributed by atoms with Gasteiger partial charge in [0.1, 0.15) is 0 Å². The molecule has 0 spiro atoms. The van der Waals surface area contributed by atoms with Crippen molar-refractivity contribution >= 4 is 29.9 Å². The number of nitrogens with one attached hydrogen (secondary N) is 2. The Morgan fingerprint density at radius 3 is 2.89 bits per heavy atom. The van der Waals surface area contributed by atoms with Gasteiger partial charge >= 0.3 is 0 Å². The number of carbonyl (C=O) groups excluding carboxylic acids is 1. The van der Waals surface area contributed by atoms with Gasteiger partial charge in [-0.2, -0.15) is 0 Å². The third-order valence-corrected chi connectivity index (χ3v) is 3.39. The van der Waals surface area contributed by atoms with Crippen molar-refractivity contribution in [2.75, 3.05) is 13.1 Å². The Hall–Kier alpha value is -0.770. The summed E-state index contributed by atoms with van der Waals surface area (Å²) < 4.78 is 0. The molecule has 0 saturated carbocycles. The maximum atomic E-state index is 11.8. The van der Waals surface area contributed by atoms with Crippen LogP contribution in [0.4, 0.5) is 0 Å². The topological polar surface area (TPSA) is 41.1 Å². The molecule has 1 aromatic rings. The molecule has 0 radical (unpaired) electrons. The van der Waals surface area contributed by atoms with Crippen LogP contribution >= 0.6 is 24.0 Å². The Bertz CT molecular complexity index is 392. The van der Waals surface area contributed by atoms with Gasteiger partial charge in [0, 0.05) is 12.6 Å². The van der Waals surface area contributed by atoms with E-state index < -0.39 is 0 Å². The quantitative estimate of drug-likeness (QED) is 0.894. The van der Waals surface area contributed by atoms with Gasteiger partial charge in [-0.25, -0.2) is 0 Å². The summed E-state index contributed by atoms with van der Waals surface area (Å²) in [5.74, 6) is -0.0893. The van der Waals surface area contributed by atoms with Crippen molar-refractivity contribution in [3.63, 3.8) is 0 Å². The summed E-state index contributed by atoms with van der Waals surface area (Å²) in [5, 5.41) is 6.81. The molecule has 1 aromatic carbocycles. The van der Waals surface area contributed by atoms with Crippen LogP contribution in [0.25, 0.3) is 0 Å². The molecule has 1 heterocycles. The second-order valence-electron chi connectivity index (χ2n) is 4.32. The van der Waals surface area contributed by atoms with Gasteiger partial charge in [0.05, 0.1) is 10.6 Å². The van der Waals surface area contributed by atoms with Crippen molar-refractivity contribution in [1.29, 1.82) is 0 Å². The molecular weight excluding hydrogens is 271 g/mol. The molecule has 100 valence electrons. The van der Waals surface area contributed by atoms with Crippen LogP contribution in [-0.2, 0) is 0 Å². The third kappa shape index (κ3) is 4.16. The molecular formula is C13H18Cl2N2O. The number of halogens is 2. The van der Waals surface area contributed by atoms with Crippen LogP contribution in [0.2, 0.25) is 5.02 Å². The summed E-state index contributed by atoms with van der Waals surface area (Å²) in [7, 11) is 0. The molecule has 1 atom stereocenters. The zero-order valence-corrected chi connectivity index (χ0v) is 11.7. The number of benzene rings is 1. The van der Waals surface area contributed by atoms with E-state index in [9.17, 15) is 4.79 Å². The molecule has 2 N–H and O–H groups in total. The minimum absolute atomic E-state index is 0. The second-order valence-corrected chi connectivity index (χ2v) is 4.72. The van der Waals surface area contributed by atoms with Crippen LogP contribution < -0.4 is 10.6 Å². The van der Waals surface area contributed by atoms with Gasteiger partial charge in [0.15, 0.2) is 0 Å². The van der Waals surface area contributed by atoms with Crippen molar-refractivity contribution in [3.05, 3.63) is 34.9 Å². The highest BCUT2D eigenvalue weighted by Crippen LogP contribution is 2.14. The average molecular weight is 289 g/mol. The first-order valence-corrected chi connectivity index (χ1v) is 6.41. The lowest BCUT2D eigenvalue weighted by atomic mass is 10.1. The Kier molecular flexibility index (Phi) is 6.47. The molecule has 0 aromatic heterocycles. The second kappa shape index (κ2) is 7.62. The largest absolute Gasteiger partial charge is 0.352 e. The number of amides is 1. The summed E-state index contributed by atoms with van der Waals surface area (Å²) in [6, 6.07) is 7.67. The standard InChI is InChI=1S/C13H17ClN2O.ClH/c14-12-6-2-1-5-11(12)13(17)16-9-7-10-4-3-8-15-10;/h1-2,5-6,10,15H,3-4,7-9H2,(H,16,17);1H/t10-;/m1./s1. The van der Waals surface area contributed by atoms with E-state index in [0.717, 1.165) is 13.0 Å². The fourth-order valence-electron chi connectivity index (χ4n) is 2.10. The molecule has 0 bridgehead atoms. The van der Waals surface area contributed by atoms with Crippen molar-refractivity contribution in [2.24, 2.45) is 0 Å². The number of rotatable bonds is 4. The SMILES string of the molecule is Cl.O=C(NCC[C@H]1CCCN1)c1ccccc1Cl. The summed E-state index contributed by atoms with van der Waals surface area (Å²) in [6.45, 7) is 1.80. The fraction of sp³-hybridized carbons (Fsp3) is 0.462. The van der Waals surface area contributed by atoms with Gasteiger partial charge in [0.2, 0.25) is 0 Å². The van der Waals surface area contributed by atoms with E-state index in [0.29, 0.717) is 23.2 Å². The summed E-state index contributed by atoms with van der Waals surface area (Å²) >= 11 is 5.95. The van der Waals surface area contributed by atoms with Crippen LogP contribution in [0.15, 0.2) is 24.3 Å². The number of carbonyl (C=O) groups is 1. The van der Waals surface area contributed by atoms with Gasteiger partial charge in [-0.15, -0.1) is 12.4 Å². The fourth-order valence-corrected chi connectivity index (χ4v) is 2.33. The molecule has 5 heteroatoms. The van der Waals surface area contributed by atoms with Crippen molar-refractivity contribution < 1.29 is 4.79 Å². The molecule has 1 aliphatic rings. The van der Waals surface area contributed by atoms with E-state index in [1.165, 1.54) is 12.8 Å². The molecule has 0 aliphatic carbocycles. The maximum Gasteiger partial charge on any atom is 0.252 e. The lowest BCUT2D eigenvalue weighted by Crippen LogP contribution is -2.30. The predicted octanol–water partition coefficient (Wildman–Crippen LogP) is 2.63. The Morgan fingerprint density at radius 2 is 2.22 bits per heavy atom. The van der Waals surface area contributed by atoms with Crippen LogP contribution in [0.1, 0.15) is 29.6 Å². The summed E-state index contributed by atoms with van der Waals surface area (Å²) in [5.41, 5.74) is 0.550. The third-order valence-electron chi connectivity index (χ3n) is 3.06. The summed E-state index contributed by atoms with van der Waals surface area (Å²) in [6.07, 6.45) is 3.43. The average Bonchev–Trinajstić information content (AvgIpc) is 2.82. The molecule has 3 nitrogen and oxygen atoms in total. The zero-order chi connectivity index (χ0) is 12.1. The van der Waals surface area contributed by atoms with E-state index in [2.05, 4.69) is 10.6 Å². The molecule has 1 fully saturated rings. The van der Waals surface area contributed by atoms with Crippen LogP contribution in [-0.4, -0.2) is 25.0 Å². The maximum absolute atomic E-state index is 11.8. The highest BCUT2D eigenvalue weighted by Gasteiger charge is 2.14. The molecule has 0 unspecified atom stereocenters. The first-order valence-electron chi connectivity index (χ1n) is 6.03. The molecule has 2 rings (SSSR count). The van der Waals surface area contributed by atoms with Crippen molar-refractivity contribution in [3.8, 4) is 0 Å². The first-order chi connectivity index (χ1) is 8.27. The molecule has 18 heavy (non-hydrogen) atoms. The number of hydrogen-bond donors (Lipinski definition) is 2. The van der Waals surface area contributed by atoms with Crippen molar-refractivity contribution in [1.82, 2.24) is 10.6 Å². The van der Waals surface area contributed by atoms with E-state index in [4.69, 9.17) is 11.6 Å². The Labute approximate surface area is 119 Å². The zero-order valence-electron chi connectivity index (χ0n) is 10.1. The minimum atomic E-state index is -0.0893. The summed E-state index contributed by atoms with van der Waals surface area (Å²) in [4.78, 5) is 11.8. The van der Waals surface area contributed by atoms with Crippen LogP contribution in [0.3, 0.4) is 0 Å². The number of hydrogen-bond acceptors (Lipinski definition) is 2. The van der Waals surface area contributed by atoms with Gasteiger partial charge in [-0.05, 0) is 37.9 Å². The van der Waals surface area contributed by atoms with E-state index >= 15 is 0 Å². The van der Waals surface area contributed by atoms with E-state index in [-0.39, 0.29) is 18.3 Å². The Morgan fingerprint density at radius 1 is 1.44 bits per heavy atom. The van der Waals surface area contributed by atoms with Gasteiger partial charge in [-0.3, -0.25) is 4.79 Å². The lowest BCUT2D eigenvalue weighted by Gasteiger charge is -2.11. The molecule has 1 aliphatic heterocycles. The normalized spacial score (nSPS) is 18.2. The molecule has 1 amide bonds. The van der Waals surface area contributed by atoms with Gasteiger partial charge < -0.3 is 10.6 Å². The van der Waals surface area contributed by atoms with Crippen LogP contribution in [0, 0.1) is 0 Å². The van der Waals surface area contributed by atoms with Gasteiger partial charge in [0.25, 0.3) is 5.91 Å². The van der Waals surface area contributed by atoms with E-state index in [1.54, 1.807) is 12.1 Å². The smallest absolute Gasteiger partial charge is 0.252 e.